The van der Waals surface area contributed by atoms with Crippen LogP contribution in [0, 0.1) is 12.8 Å². The van der Waals surface area contributed by atoms with E-state index < -0.39 is 0 Å². The maximum Gasteiger partial charge on any atom is 0.235 e. The summed E-state index contributed by atoms with van der Waals surface area (Å²) in [5, 5.41) is 2.99. The van der Waals surface area contributed by atoms with Gasteiger partial charge < -0.3 is 5.32 Å². The highest BCUT2D eigenvalue weighted by Crippen LogP contribution is 2.40. The van der Waals surface area contributed by atoms with E-state index in [-0.39, 0.29) is 17.8 Å². The van der Waals surface area contributed by atoms with E-state index in [1.165, 1.54) is 24.0 Å². The summed E-state index contributed by atoms with van der Waals surface area (Å²) in [6.07, 6.45) is 2.39. The molecule has 86 valence electrons. The molecule has 16 heavy (non-hydrogen) atoms. The minimum atomic E-state index is -0.0841. The van der Waals surface area contributed by atoms with E-state index in [0.29, 0.717) is 5.92 Å². The lowest BCUT2D eigenvalue weighted by atomic mass is 10.0. The molecule has 1 aromatic rings. The summed E-state index contributed by atoms with van der Waals surface area (Å²) in [5.41, 5.74) is 2.42. The van der Waals surface area contributed by atoms with Crippen molar-refractivity contribution in [2.45, 2.75) is 25.8 Å². The largest absolute Gasteiger partial charge is 0.348 e. The Morgan fingerprint density at radius 3 is 2.56 bits per heavy atom. The summed E-state index contributed by atoms with van der Waals surface area (Å²) in [6.45, 7) is 2.06. The van der Waals surface area contributed by atoms with Crippen molar-refractivity contribution in [2.75, 3.05) is 5.88 Å². The maximum absolute atomic E-state index is 11.4. The second-order valence-corrected chi connectivity index (χ2v) is 4.69. The lowest BCUT2D eigenvalue weighted by molar-refractivity contribution is -0.119. The second kappa shape index (κ2) is 4.88. The first kappa shape index (κ1) is 11.5. The van der Waals surface area contributed by atoms with Crippen LogP contribution >= 0.6 is 11.6 Å². The lowest BCUT2D eigenvalue weighted by Crippen LogP contribution is -2.30. The van der Waals surface area contributed by atoms with Gasteiger partial charge in [-0.15, -0.1) is 11.6 Å². The number of hydrogen-bond donors (Lipinski definition) is 1. The van der Waals surface area contributed by atoms with Gasteiger partial charge in [-0.05, 0) is 31.2 Å². The van der Waals surface area contributed by atoms with Crippen molar-refractivity contribution in [1.82, 2.24) is 5.32 Å². The Morgan fingerprint density at radius 2 is 2.06 bits per heavy atom. The number of alkyl halides is 1. The molecule has 1 fully saturated rings. The number of nitrogens with one attached hydrogen (secondary N) is 1. The minimum Gasteiger partial charge on any atom is -0.348 e. The third kappa shape index (κ3) is 2.76. The molecule has 1 N–H and O–H groups in total. The van der Waals surface area contributed by atoms with Gasteiger partial charge in [0.05, 0.1) is 6.04 Å². The standard InChI is InChI=1S/C13H16ClNO/c1-9-2-4-10(5-3-9)13(11-6-7-11)15-12(16)8-14/h2-5,11,13H,6-8H2,1H3,(H,15,16). The van der Waals surface area contributed by atoms with Crippen LogP contribution in [0.5, 0.6) is 0 Å². The Bertz CT molecular complexity index is 370. The molecule has 2 nitrogen and oxygen atoms in total. The van der Waals surface area contributed by atoms with Crippen molar-refractivity contribution in [3.63, 3.8) is 0 Å². The van der Waals surface area contributed by atoms with Gasteiger partial charge in [-0.25, -0.2) is 0 Å². The number of amides is 1. The molecule has 0 saturated heterocycles. The summed E-state index contributed by atoms with van der Waals surface area (Å²) in [5.74, 6) is 0.545. The van der Waals surface area contributed by atoms with Crippen LogP contribution < -0.4 is 5.32 Å². The van der Waals surface area contributed by atoms with Gasteiger partial charge >= 0.3 is 0 Å². The summed E-state index contributed by atoms with van der Waals surface area (Å²) in [6, 6.07) is 8.49. The molecule has 1 atom stereocenters. The van der Waals surface area contributed by atoms with E-state index in [4.69, 9.17) is 11.6 Å². The van der Waals surface area contributed by atoms with E-state index in [1.807, 2.05) is 0 Å². The van der Waals surface area contributed by atoms with Crippen LogP contribution in [-0.4, -0.2) is 11.8 Å². The molecule has 1 amide bonds. The van der Waals surface area contributed by atoms with Crippen LogP contribution in [0.25, 0.3) is 0 Å². The Kier molecular flexibility index (Phi) is 3.49. The van der Waals surface area contributed by atoms with Gasteiger partial charge in [-0.3, -0.25) is 4.79 Å². The summed E-state index contributed by atoms with van der Waals surface area (Å²) in [4.78, 5) is 11.4. The fourth-order valence-electron chi connectivity index (χ4n) is 1.89. The van der Waals surface area contributed by atoms with Crippen LogP contribution in [0.1, 0.15) is 30.0 Å². The topological polar surface area (TPSA) is 29.1 Å². The van der Waals surface area contributed by atoms with Gasteiger partial charge in [-0.1, -0.05) is 29.8 Å². The molecule has 1 aliphatic carbocycles. The molecule has 2 rings (SSSR count). The third-order valence-corrected chi connectivity index (χ3v) is 3.21. The Balaban J connectivity index is 2.12. The van der Waals surface area contributed by atoms with Crippen molar-refractivity contribution >= 4 is 17.5 Å². The molecule has 0 radical (unpaired) electrons. The van der Waals surface area contributed by atoms with Crippen molar-refractivity contribution in [3.8, 4) is 0 Å². The zero-order valence-electron chi connectivity index (χ0n) is 9.37. The summed E-state index contributed by atoms with van der Waals surface area (Å²) >= 11 is 5.52. The Hall–Kier alpha value is -1.02. The van der Waals surface area contributed by atoms with Gasteiger partial charge in [0.1, 0.15) is 5.88 Å². The van der Waals surface area contributed by atoms with E-state index in [1.54, 1.807) is 0 Å². The molecule has 0 bridgehead atoms. The molecule has 3 heteroatoms. The van der Waals surface area contributed by atoms with Crippen LogP contribution in [0.3, 0.4) is 0 Å². The van der Waals surface area contributed by atoms with Crippen LogP contribution in [-0.2, 0) is 4.79 Å². The predicted octanol–water partition coefficient (Wildman–Crippen LogP) is 2.80. The average Bonchev–Trinajstić information content (AvgIpc) is 3.11. The van der Waals surface area contributed by atoms with Crippen LogP contribution in [0.2, 0.25) is 0 Å². The second-order valence-electron chi connectivity index (χ2n) is 4.43. The molecular weight excluding hydrogens is 222 g/mol. The molecule has 1 aliphatic rings. The molecule has 0 aliphatic heterocycles. The number of hydrogen-bond acceptors (Lipinski definition) is 1. The number of aryl methyl sites for hydroxylation is 1. The molecule has 1 saturated carbocycles. The highest BCUT2D eigenvalue weighted by Gasteiger charge is 2.33. The predicted molar refractivity (Wildman–Crippen MR) is 65.5 cm³/mol. The summed E-state index contributed by atoms with van der Waals surface area (Å²) in [7, 11) is 0. The van der Waals surface area contributed by atoms with Crippen LogP contribution in [0.15, 0.2) is 24.3 Å². The van der Waals surface area contributed by atoms with E-state index in [0.717, 1.165) is 0 Å². The zero-order valence-corrected chi connectivity index (χ0v) is 10.1. The number of carbonyl (C=O) groups is 1. The molecule has 0 heterocycles. The Labute approximate surface area is 101 Å². The molecule has 1 aromatic carbocycles. The first-order chi connectivity index (χ1) is 7.70. The number of benzene rings is 1. The quantitative estimate of drug-likeness (QED) is 0.802. The number of carbonyl (C=O) groups excluding carboxylic acids is 1. The third-order valence-electron chi connectivity index (χ3n) is 2.97. The lowest BCUT2D eigenvalue weighted by Gasteiger charge is -2.18. The smallest absolute Gasteiger partial charge is 0.235 e. The first-order valence-corrected chi connectivity index (χ1v) is 6.16. The number of rotatable bonds is 4. The van der Waals surface area contributed by atoms with Crippen molar-refractivity contribution in [3.05, 3.63) is 35.4 Å². The van der Waals surface area contributed by atoms with Gasteiger partial charge in [0.2, 0.25) is 5.91 Å². The van der Waals surface area contributed by atoms with Crippen molar-refractivity contribution in [2.24, 2.45) is 5.92 Å². The highest BCUT2D eigenvalue weighted by atomic mass is 35.5. The highest BCUT2D eigenvalue weighted by molar-refractivity contribution is 6.27. The zero-order chi connectivity index (χ0) is 11.5. The van der Waals surface area contributed by atoms with Gasteiger partial charge in [-0.2, -0.15) is 0 Å². The van der Waals surface area contributed by atoms with E-state index in [2.05, 4.69) is 36.5 Å². The Morgan fingerprint density at radius 1 is 1.44 bits per heavy atom. The monoisotopic (exact) mass is 237 g/mol. The summed E-state index contributed by atoms with van der Waals surface area (Å²) < 4.78 is 0. The first-order valence-electron chi connectivity index (χ1n) is 5.62. The van der Waals surface area contributed by atoms with Crippen molar-refractivity contribution < 1.29 is 4.79 Å². The van der Waals surface area contributed by atoms with E-state index >= 15 is 0 Å². The van der Waals surface area contributed by atoms with Crippen molar-refractivity contribution in [1.29, 1.82) is 0 Å². The molecule has 0 aromatic heterocycles. The van der Waals surface area contributed by atoms with Gasteiger partial charge in [0, 0.05) is 0 Å². The van der Waals surface area contributed by atoms with Crippen LogP contribution in [0.4, 0.5) is 0 Å². The fraction of sp³-hybridized carbons (Fsp3) is 0.462. The molecular formula is C13H16ClNO. The van der Waals surface area contributed by atoms with Gasteiger partial charge in [0.25, 0.3) is 0 Å². The molecule has 1 unspecified atom stereocenters. The minimum absolute atomic E-state index is 0.0368. The fourth-order valence-corrected chi connectivity index (χ4v) is 1.97. The maximum atomic E-state index is 11.4. The molecule has 0 spiro atoms. The SMILES string of the molecule is Cc1ccc(C(NC(=O)CCl)C2CC2)cc1. The number of halogens is 1. The average molecular weight is 238 g/mol. The normalized spacial score (nSPS) is 16.9. The van der Waals surface area contributed by atoms with Gasteiger partial charge in [0.15, 0.2) is 0 Å². The van der Waals surface area contributed by atoms with E-state index in [9.17, 15) is 4.79 Å².